The van der Waals surface area contributed by atoms with Crippen molar-refractivity contribution in [3.63, 3.8) is 0 Å². The summed E-state index contributed by atoms with van der Waals surface area (Å²) in [5.41, 5.74) is 6.01. The molecule has 0 bridgehead atoms. The molecule has 1 unspecified atom stereocenters. The number of amides is 1. The van der Waals surface area contributed by atoms with Crippen LogP contribution in [0, 0.1) is 13.8 Å². The van der Waals surface area contributed by atoms with E-state index in [0.717, 1.165) is 16.9 Å². The zero-order chi connectivity index (χ0) is 18.1. The Morgan fingerprint density at radius 3 is 2.58 bits per heavy atom. The van der Waals surface area contributed by atoms with Crippen molar-refractivity contribution in [2.24, 2.45) is 0 Å². The van der Waals surface area contributed by atoms with Gasteiger partial charge in [-0.05, 0) is 54.8 Å². The molecule has 0 radical (unpaired) electrons. The second kappa shape index (κ2) is 6.64. The molecule has 1 aliphatic rings. The van der Waals surface area contributed by atoms with Gasteiger partial charge >= 0.3 is 0 Å². The quantitative estimate of drug-likeness (QED) is 0.760. The molecule has 1 atom stereocenters. The lowest BCUT2D eigenvalue weighted by molar-refractivity contribution is 0.0728. The Hall–Kier alpha value is -3.14. The predicted molar refractivity (Wildman–Crippen MR) is 103 cm³/mol. The van der Waals surface area contributed by atoms with Gasteiger partial charge in [-0.15, -0.1) is 0 Å². The molecule has 26 heavy (non-hydrogen) atoms. The Morgan fingerprint density at radius 2 is 1.81 bits per heavy atom. The summed E-state index contributed by atoms with van der Waals surface area (Å²) in [7, 11) is 0. The Bertz CT molecular complexity index is 953. The van der Waals surface area contributed by atoms with Crippen LogP contribution in [0.4, 0.5) is 5.69 Å². The van der Waals surface area contributed by atoms with Gasteiger partial charge in [0.25, 0.3) is 5.91 Å². The standard InChI is InChI=1S/C22H21N3O/c1-15-10-11-18(13-16(15)2)24-21-20-19(9-6-12-23-20)22(26)25(21)14-17-7-4-3-5-8-17/h3-13,21,24H,14H2,1-2H3. The molecule has 0 saturated carbocycles. The van der Waals surface area contributed by atoms with Gasteiger partial charge in [-0.2, -0.15) is 0 Å². The van der Waals surface area contributed by atoms with Crippen molar-refractivity contribution in [1.29, 1.82) is 0 Å². The number of hydrogen-bond donors (Lipinski definition) is 1. The molecule has 2 heterocycles. The molecule has 130 valence electrons. The van der Waals surface area contributed by atoms with Crippen LogP contribution in [0.25, 0.3) is 0 Å². The number of nitrogens with one attached hydrogen (secondary N) is 1. The minimum Gasteiger partial charge on any atom is -0.360 e. The molecule has 0 saturated heterocycles. The maximum atomic E-state index is 13.0. The Labute approximate surface area is 153 Å². The van der Waals surface area contributed by atoms with Crippen LogP contribution < -0.4 is 5.32 Å². The molecule has 0 aliphatic carbocycles. The van der Waals surface area contributed by atoms with Crippen molar-refractivity contribution < 1.29 is 4.79 Å². The minimum atomic E-state index is -0.277. The summed E-state index contributed by atoms with van der Waals surface area (Å²) in [6.07, 6.45) is 1.47. The van der Waals surface area contributed by atoms with Crippen LogP contribution in [0.5, 0.6) is 0 Å². The highest BCUT2D eigenvalue weighted by atomic mass is 16.2. The number of carbonyl (C=O) groups excluding carboxylic acids is 1. The van der Waals surface area contributed by atoms with Crippen LogP contribution in [-0.4, -0.2) is 15.8 Å². The summed E-state index contributed by atoms with van der Waals surface area (Å²) in [5.74, 6) is 0.0123. The van der Waals surface area contributed by atoms with Crippen LogP contribution >= 0.6 is 0 Å². The van der Waals surface area contributed by atoms with Crippen molar-refractivity contribution in [2.45, 2.75) is 26.6 Å². The average Bonchev–Trinajstić information content (AvgIpc) is 2.92. The molecule has 1 N–H and O–H groups in total. The summed E-state index contributed by atoms with van der Waals surface area (Å²) in [6.45, 7) is 4.73. The fraction of sp³-hybridized carbons (Fsp3) is 0.182. The van der Waals surface area contributed by atoms with E-state index in [4.69, 9.17) is 0 Å². The first-order valence-corrected chi connectivity index (χ1v) is 8.77. The zero-order valence-corrected chi connectivity index (χ0v) is 14.9. The van der Waals surface area contributed by atoms with E-state index in [-0.39, 0.29) is 12.1 Å². The lowest BCUT2D eigenvalue weighted by atomic mass is 10.1. The maximum absolute atomic E-state index is 13.0. The summed E-state index contributed by atoms with van der Waals surface area (Å²) < 4.78 is 0. The Kier molecular flexibility index (Phi) is 4.17. The number of aryl methyl sites for hydroxylation is 2. The van der Waals surface area contributed by atoms with E-state index < -0.39 is 0 Å². The third-order valence-corrected chi connectivity index (χ3v) is 4.91. The van der Waals surface area contributed by atoms with Gasteiger partial charge in [0.1, 0.15) is 6.17 Å². The molecule has 0 spiro atoms. The van der Waals surface area contributed by atoms with Crippen LogP contribution in [0.1, 0.15) is 38.9 Å². The SMILES string of the molecule is Cc1ccc(NC2c3ncccc3C(=O)N2Cc2ccccc2)cc1C. The first-order chi connectivity index (χ1) is 12.6. The van der Waals surface area contributed by atoms with Gasteiger partial charge in [-0.1, -0.05) is 36.4 Å². The molecule has 0 fully saturated rings. The first-order valence-electron chi connectivity index (χ1n) is 8.77. The lowest BCUT2D eigenvalue weighted by Gasteiger charge is -2.27. The first kappa shape index (κ1) is 16.3. The van der Waals surface area contributed by atoms with Crippen molar-refractivity contribution in [3.8, 4) is 0 Å². The van der Waals surface area contributed by atoms with Gasteiger partial charge < -0.3 is 10.2 Å². The highest BCUT2D eigenvalue weighted by Crippen LogP contribution is 2.34. The molecular formula is C22H21N3O. The highest BCUT2D eigenvalue weighted by molar-refractivity contribution is 5.98. The minimum absolute atomic E-state index is 0.0123. The maximum Gasteiger partial charge on any atom is 0.258 e. The van der Waals surface area contributed by atoms with E-state index in [0.29, 0.717) is 12.1 Å². The molecule has 2 aromatic carbocycles. The van der Waals surface area contributed by atoms with Crippen LogP contribution in [-0.2, 0) is 6.54 Å². The molecule has 3 aromatic rings. The monoisotopic (exact) mass is 343 g/mol. The molecular weight excluding hydrogens is 322 g/mol. The van der Waals surface area contributed by atoms with Gasteiger partial charge in [0.15, 0.2) is 0 Å². The zero-order valence-electron chi connectivity index (χ0n) is 14.9. The molecule has 1 aliphatic heterocycles. The van der Waals surface area contributed by atoms with Crippen LogP contribution in [0.3, 0.4) is 0 Å². The topological polar surface area (TPSA) is 45.2 Å². The molecule has 4 heteroatoms. The van der Waals surface area contributed by atoms with Gasteiger partial charge in [0.2, 0.25) is 0 Å². The van der Waals surface area contributed by atoms with Crippen molar-refractivity contribution >= 4 is 11.6 Å². The second-order valence-electron chi connectivity index (χ2n) is 6.70. The van der Waals surface area contributed by atoms with Gasteiger partial charge in [0.05, 0.1) is 11.3 Å². The summed E-state index contributed by atoms with van der Waals surface area (Å²) in [6, 6.07) is 20.0. The lowest BCUT2D eigenvalue weighted by Crippen LogP contribution is -2.32. The highest BCUT2D eigenvalue weighted by Gasteiger charge is 2.37. The number of pyridine rings is 1. The third kappa shape index (κ3) is 2.94. The number of aromatic nitrogens is 1. The third-order valence-electron chi connectivity index (χ3n) is 4.91. The predicted octanol–water partition coefficient (Wildman–Crippen LogP) is 4.47. The van der Waals surface area contributed by atoms with Gasteiger partial charge in [0, 0.05) is 18.4 Å². The van der Waals surface area contributed by atoms with Gasteiger partial charge in [-0.3, -0.25) is 9.78 Å². The van der Waals surface area contributed by atoms with Crippen molar-refractivity contribution in [3.05, 3.63) is 94.8 Å². The largest absolute Gasteiger partial charge is 0.360 e. The van der Waals surface area contributed by atoms with Crippen molar-refractivity contribution in [2.75, 3.05) is 5.32 Å². The van der Waals surface area contributed by atoms with Crippen LogP contribution in [0.15, 0.2) is 66.9 Å². The average molecular weight is 343 g/mol. The fourth-order valence-corrected chi connectivity index (χ4v) is 3.31. The van der Waals surface area contributed by atoms with Crippen LogP contribution in [0.2, 0.25) is 0 Å². The molecule has 1 aromatic heterocycles. The van der Waals surface area contributed by atoms with E-state index in [9.17, 15) is 4.79 Å². The number of carbonyl (C=O) groups is 1. The fourth-order valence-electron chi connectivity index (χ4n) is 3.31. The Balaban J connectivity index is 1.69. The normalized spacial score (nSPS) is 15.8. The van der Waals surface area contributed by atoms with E-state index in [2.05, 4.69) is 42.3 Å². The molecule has 4 rings (SSSR count). The van der Waals surface area contributed by atoms with E-state index in [1.807, 2.05) is 47.4 Å². The van der Waals surface area contributed by atoms with Crippen molar-refractivity contribution in [1.82, 2.24) is 9.88 Å². The number of fused-ring (bicyclic) bond motifs is 1. The summed E-state index contributed by atoms with van der Waals surface area (Å²) >= 11 is 0. The summed E-state index contributed by atoms with van der Waals surface area (Å²) in [5, 5.41) is 3.51. The number of anilines is 1. The molecule has 4 nitrogen and oxygen atoms in total. The second-order valence-corrected chi connectivity index (χ2v) is 6.70. The number of hydrogen-bond acceptors (Lipinski definition) is 3. The molecule has 1 amide bonds. The van der Waals surface area contributed by atoms with E-state index in [1.54, 1.807) is 6.20 Å². The Morgan fingerprint density at radius 1 is 1.00 bits per heavy atom. The van der Waals surface area contributed by atoms with E-state index in [1.165, 1.54) is 11.1 Å². The summed E-state index contributed by atoms with van der Waals surface area (Å²) in [4.78, 5) is 19.3. The number of benzene rings is 2. The number of nitrogens with zero attached hydrogens (tertiary/aromatic N) is 2. The smallest absolute Gasteiger partial charge is 0.258 e. The van der Waals surface area contributed by atoms with E-state index >= 15 is 0 Å². The number of rotatable bonds is 4. The van der Waals surface area contributed by atoms with Gasteiger partial charge in [-0.25, -0.2) is 0 Å².